The Labute approximate surface area is 128 Å². The number of esters is 1. The van der Waals surface area contributed by atoms with E-state index in [1.54, 1.807) is 25.6 Å². The molecular formula is C13H21N3O4S. The molecule has 1 heterocycles. The van der Waals surface area contributed by atoms with Crippen molar-refractivity contribution in [3.8, 4) is 0 Å². The highest BCUT2D eigenvalue weighted by molar-refractivity contribution is 7.98. The molecule has 0 bridgehead atoms. The average molecular weight is 315 g/mol. The summed E-state index contributed by atoms with van der Waals surface area (Å²) < 4.78 is 10.1. The number of nitrogens with zero attached hydrogens (tertiary/aromatic N) is 1. The third-order valence-electron chi connectivity index (χ3n) is 2.63. The van der Waals surface area contributed by atoms with E-state index in [1.807, 2.05) is 6.26 Å². The fraction of sp³-hybridized carbons (Fsp3) is 0.615. The molecule has 0 aromatic carbocycles. The molecule has 0 fully saturated rings. The molecule has 1 rings (SSSR count). The number of amides is 1. The van der Waals surface area contributed by atoms with Gasteiger partial charge in [0.15, 0.2) is 5.69 Å². The molecule has 0 saturated heterocycles. The van der Waals surface area contributed by atoms with Crippen molar-refractivity contribution in [3.63, 3.8) is 0 Å². The third kappa shape index (κ3) is 5.39. The Morgan fingerprint density at radius 2 is 2.29 bits per heavy atom. The summed E-state index contributed by atoms with van der Waals surface area (Å²) in [6.45, 7) is 3.69. The second-order valence-electron chi connectivity index (χ2n) is 4.42. The van der Waals surface area contributed by atoms with E-state index in [0.717, 1.165) is 5.75 Å². The molecule has 0 aliphatic carbocycles. The van der Waals surface area contributed by atoms with Gasteiger partial charge in [-0.15, -0.1) is 0 Å². The fourth-order valence-electron chi connectivity index (χ4n) is 1.56. The number of hydrogen-bond acceptors (Lipinski definition) is 7. The smallest absolute Gasteiger partial charge is 0.328 e. The fourth-order valence-corrected chi connectivity index (χ4v) is 2.03. The van der Waals surface area contributed by atoms with Crippen LogP contribution in [0.15, 0.2) is 10.7 Å². The molecule has 3 N–H and O–H groups in total. The van der Waals surface area contributed by atoms with Gasteiger partial charge < -0.3 is 20.2 Å². The van der Waals surface area contributed by atoms with Crippen LogP contribution in [0.3, 0.4) is 0 Å². The first-order valence-electron chi connectivity index (χ1n) is 6.67. The molecule has 2 atom stereocenters. The number of aromatic nitrogens is 1. The van der Waals surface area contributed by atoms with Crippen LogP contribution in [-0.2, 0) is 9.53 Å². The maximum absolute atomic E-state index is 12.1. The molecule has 0 aliphatic rings. The summed E-state index contributed by atoms with van der Waals surface area (Å²) in [4.78, 5) is 27.9. The molecular weight excluding hydrogens is 294 g/mol. The number of hydrogen-bond donors (Lipinski definition) is 2. The number of carbonyl (C=O) groups excluding carboxylic acids is 2. The van der Waals surface area contributed by atoms with Crippen LogP contribution in [0.1, 0.15) is 42.7 Å². The summed E-state index contributed by atoms with van der Waals surface area (Å²) in [5.41, 5.74) is 5.72. The first kappa shape index (κ1) is 17.5. The SMILES string of the molecule is CCOC(=O)C(CCSC)NC(=O)c1coc(C(C)N)n1. The molecule has 0 saturated carbocycles. The number of nitrogens with one attached hydrogen (secondary N) is 1. The van der Waals surface area contributed by atoms with Gasteiger partial charge in [0.05, 0.1) is 12.6 Å². The number of oxazole rings is 1. The average Bonchev–Trinajstić information content (AvgIpc) is 2.93. The molecule has 0 aliphatic heterocycles. The molecule has 8 heteroatoms. The zero-order valence-electron chi connectivity index (χ0n) is 12.4. The van der Waals surface area contributed by atoms with Gasteiger partial charge in [-0.2, -0.15) is 11.8 Å². The standard InChI is InChI=1S/C13H21N3O4S/c1-4-19-13(18)9(5-6-21-3)15-11(17)10-7-20-12(16-10)8(2)14/h7-9H,4-6,14H2,1-3H3,(H,15,17). The molecule has 1 aromatic rings. The Morgan fingerprint density at radius 1 is 1.57 bits per heavy atom. The summed E-state index contributed by atoms with van der Waals surface area (Å²) >= 11 is 1.59. The van der Waals surface area contributed by atoms with Gasteiger partial charge in [-0.25, -0.2) is 9.78 Å². The Balaban J connectivity index is 2.71. The number of carbonyl (C=O) groups is 2. The van der Waals surface area contributed by atoms with Gasteiger partial charge in [0.25, 0.3) is 5.91 Å². The lowest BCUT2D eigenvalue weighted by atomic mass is 10.2. The van der Waals surface area contributed by atoms with Gasteiger partial charge in [0, 0.05) is 0 Å². The van der Waals surface area contributed by atoms with Crippen LogP contribution in [0.5, 0.6) is 0 Å². The van der Waals surface area contributed by atoms with Gasteiger partial charge in [-0.05, 0) is 32.3 Å². The molecule has 2 unspecified atom stereocenters. The van der Waals surface area contributed by atoms with E-state index >= 15 is 0 Å². The molecule has 0 radical (unpaired) electrons. The summed E-state index contributed by atoms with van der Waals surface area (Å²) in [7, 11) is 0. The van der Waals surface area contributed by atoms with Gasteiger partial charge in [0.2, 0.25) is 5.89 Å². The number of ether oxygens (including phenoxy) is 1. The third-order valence-corrected chi connectivity index (χ3v) is 3.28. The van der Waals surface area contributed by atoms with Gasteiger partial charge in [0.1, 0.15) is 12.3 Å². The maximum atomic E-state index is 12.1. The van der Waals surface area contributed by atoms with E-state index in [0.29, 0.717) is 6.42 Å². The quantitative estimate of drug-likeness (QED) is 0.692. The predicted octanol–water partition coefficient (Wildman–Crippen LogP) is 1.11. The van der Waals surface area contributed by atoms with Crippen LogP contribution in [0.4, 0.5) is 0 Å². The van der Waals surface area contributed by atoms with Crippen molar-refractivity contribution >= 4 is 23.6 Å². The van der Waals surface area contributed by atoms with E-state index in [-0.39, 0.29) is 18.2 Å². The predicted molar refractivity (Wildman–Crippen MR) is 80.0 cm³/mol. The van der Waals surface area contributed by atoms with Crippen LogP contribution in [0, 0.1) is 0 Å². The highest BCUT2D eigenvalue weighted by Gasteiger charge is 2.24. The van der Waals surface area contributed by atoms with Crippen LogP contribution < -0.4 is 11.1 Å². The topological polar surface area (TPSA) is 107 Å². The van der Waals surface area contributed by atoms with Crippen LogP contribution in [0.25, 0.3) is 0 Å². The molecule has 21 heavy (non-hydrogen) atoms. The molecule has 1 aromatic heterocycles. The number of thioether (sulfide) groups is 1. The Kier molecular flexibility index (Phi) is 7.24. The Morgan fingerprint density at radius 3 is 2.81 bits per heavy atom. The Hall–Kier alpha value is -1.54. The largest absolute Gasteiger partial charge is 0.464 e. The van der Waals surface area contributed by atoms with Crippen molar-refractivity contribution in [2.24, 2.45) is 5.73 Å². The summed E-state index contributed by atoms with van der Waals surface area (Å²) in [6, 6.07) is -1.09. The highest BCUT2D eigenvalue weighted by atomic mass is 32.2. The second-order valence-corrected chi connectivity index (χ2v) is 5.40. The van der Waals surface area contributed by atoms with Crippen LogP contribution in [0.2, 0.25) is 0 Å². The van der Waals surface area contributed by atoms with Crippen molar-refractivity contribution in [2.45, 2.75) is 32.4 Å². The van der Waals surface area contributed by atoms with Crippen molar-refractivity contribution < 1.29 is 18.7 Å². The lowest BCUT2D eigenvalue weighted by Gasteiger charge is -2.15. The number of rotatable bonds is 8. The lowest BCUT2D eigenvalue weighted by Crippen LogP contribution is -2.42. The minimum atomic E-state index is -0.694. The normalized spacial score (nSPS) is 13.5. The number of nitrogens with two attached hydrogens (primary N) is 1. The first-order chi connectivity index (χ1) is 9.99. The van der Waals surface area contributed by atoms with E-state index in [1.165, 1.54) is 6.26 Å². The summed E-state index contributed by atoms with van der Waals surface area (Å²) in [5, 5.41) is 2.61. The summed E-state index contributed by atoms with van der Waals surface area (Å²) in [6.07, 6.45) is 3.64. The monoisotopic (exact) mass is 315 g/mol. The second kappa shape index (κ2) is 8.68. The van der Waals surface area contributed by atoms with Crippen LogP contribution in [-0.4, -0.2) is 41.5 Å². The van der Waals surface area contributed by atoms with E-state index in [2.05, 4.69) is 10.3 Å². The van der Waals surface area contributed by atoms with E-state index < -0.39 is 24.0 Å². The van der Waals surface area contributed by atoms with Gasteiger partial charge in [-0.1, -0.05) is 0 Å². The van der Waals surface area contributed by atoms with E-state index in [4.69, 9.17) is 14.9 Å². The lowest BCUT2D eigenvalue weighted by molar-refractivity contribution is -0.145. The van der Waals surface area contributed by atoms with Gasteiger partial charge in [-0.3, -0.25) is 4.79 Å². The molecule has 118 valence electrons. The van der Waals surface area contributed by atoms with Crippen molar-refractivity contribution in [1.29, 1.82) is 0 Å². The zero-order chi connectivity index (χ0) is 15.8. The van der Waals surface area contributed by atoms with Crippen LogP contribution >= 0.6 is 11.8 Å². The molecule has 7 nitrogen and oxygen atoms in total. The van der Waals surface area contributed by atoms with Crippen molar-refractivity contribution in [1.82, 2.24) is 10.3 Å². The minimum absolute atomic E-state index is 0.0979. The minimum Gasteiger partial charge on any atom is -0.464 e. The maximum Gasteiger partial charge on any atom is 0.328 e. The Bertz CT molecular complexity index is 476. The first-order valence-corrected chi connectivity index (χ1v) is 8.06. The molecule has 1 amide bonds. The molecule has 0 spiro atoms. The zero-order valence-corrected chi connectivity index (χ0v) is 13.2. The van der Waals surface area contributed by atoms with Crippen molar-refractivity contribution in [2.75, 3.05) is 18.6 Å². The van der Waals surface area contributed by atoms with Gasteiger partial charge >= 0.3 is 5.97 Å². The van der Waals surface area contributed by atoms with Crippen molar-refractivity contribution in [3.05, 3.63) is 17.8 Å². The highest BCUT2D eigenvalue weighted by Crippen LogP contribution is 2.10. The summed E-state index contributed by atoms with van der Waals surface area (Å²) in [5.74, 6) is 0.0748. The van der Waals surface area contributed by atoms with E-state index in [9.17, 15) is 9.59 Å².